The SMILES string of the molecule is CC1CS[C@H]([C@H](NC(=O)[C@H](N)c2ccccc2)C(=O)O)N=C1C(=O)O. The van der Waals surface area contributed by atoms with Crippen LogP contribution in [0.2, 0.25) is 0 Å². The van der Waals surface area contributed by atoms with Crippen LogP contribution in [0.15, 0.2) is 35.3 Å². The van der Waals surface area contributed by atoms with Crippen LogP contribution in [-0.2, 0) is 14.4 Å². The standard InChI is InChI=1S/C16H19N3O5S/c1-8-7-25-14(19-11(8)15(21)22)12(16(23)24)18-13(20)10(17)9-5-3-2-4-6-9/h2-6,8,10,12,14H,7,17H2,1H3,(H,18,20)(H,21,22)(H,23,24)/t8?,10-,12+,14-/m1/s1. The summed E-state index contributed by atoms with van der Waals surface area (Å²) >= 11 is 1.19. The van der Waals surface area contributed by atoms with Gasteiger partial charge in [-0.15, -0.1) is 11.8 Å². The molecule has 25 heavy (non-hydrogen) atoms. The van der Waals surface area contributed by atoms with Crippen molar-refractivity contribution in [3.63, 3.8) is 0 Å². The van der Waals surface area contributed by atoms with Gasteiger partial charge in [0.1, 0.15) is 17.1 Å². The lowest BCUT2D eigenvalue weighted by Gasteiger charge is -2.28. The number of nitrogens with zero attached hydrogens (tertiary/aromatic N) is 1. The predicted octanol–water partition coefficient (Wildman–Crippen LogP) is 0.490. The fourth-order valence-electron chi connectivity index (χ4n) is 2.37. The number of aliphatic imine (C=N–C) groups is 1. The first-order valence-corrected chi connectivity index (χ1v) is 8.62. The van der Waals surface area contributed by atoms with Crippen LogP contribution >= 0.6 is 11.8 Å². The summed E-state index contributed by atoms with van der Waals surface area (Å²) in [6.07, 6.45) is 0. The summed E-state index contributed by atoms with van der Waals surface area (Å²) in [5.74, 6) is -3.04. The smallest absolute Gasteiger partial charge is 0.350 e. The zero-order valence-electron chi connectivity index (χ0n) is 13.5. The van der Waals surface area contributed by atoms with Gasteiger partial charge in [-0.1, -0.05) is 37.3 Å². The van der Waals surface area contributed by atoms with Crippen molar-refractivity contribution in [3.8, 4) is 0 Å². The molecule has 9 heteroatoms. The number of hydrogen-bond donors (Lipinski definition) is 4. The Balaban J connectivity index is 2.17. The Bertz CT molecular complexity index is 694. The molecule has 0 spiro atoms. The van der Waals surface area contributed by atoms with E-state index in [0.29, 0.717) is 11.3 Å². The number of nitrogens with two attached hydrogens (primary N) is 1. The second-order valence-corrected chi connectivity index (χ2v) is 6.81. The Morgan fingerprint density at radius 2 is 1.92 bits per heavy atom. The van der Waals surface area contributed by atoms with Crippen LogP contribution in [0.3, 0.4) is 0 Å². The molecule has 0 saturated heterocycles. The number of nitrogens with one attached hydrogen (secondary N) is 1. The predicted molar refractivity (Wildman–Crippen MR) is 93.4 cm³/mol. The summed E-state index contributed by atoms with van der Waals surface area (Å²) in [6.45, 7) is 1.70. The number of aliphatic carboxylic acids is 2. The van der Waals surface area contributed by atoms with Crippen LogP contribution in [0.25, 0.3) is 0 Å². The number of carboxylic acid groups (broad SMARTS) is 2. The third-order valence-electron chi connectivity index (χ3n) is 3.76. The maximum atomic E-state index is 12.3. The zero-order chi connectivity index (χ0) is 18.6. The first-order valence-electron chi connectivity index (χ1n) is 7.57. The van der Waals surface area contributed by atoms with E-state index in [2.05, 4.69) is 10.3 Å². The van der Waals surface area contributed by atoms with E-state index in [1.54, 1.807) is 37.3 Å². The molecule has 134 valence electrons. The fraction of sp³-hybridized carbons (Fsp3) is 0.375. The van der Waals surface area contributed by atoms with Gasteiger partial charge in [0.05, 0.1) is 0 Å². The van der Waals surface area contributed by atoms with E-state index in [0.717, 1.165) is 0 Å². The van der Waals surface area contributed by atoms with E-state index in [1.165, 1.54) is 11.8 Å². The van der Waals surface area contributed by atoms with Crippen molar-refractivity contribution in [1.82, 2.24) is 5.32 Å². The van der Waals surface area contributed by atoms with E-state index in [4.69, 9.17) is 5.73 Å². The minimum absolute atomic E-state index is 0.0865. The molecule has 5 N–H and O–H groups in total. The second-order valence-electron chi connectivity index (χ2n) is 5.66. The largest absolute Gasteiger partial charge is 0.480 e. The van der Waals surface area contributed by atoms with Crippen molar-refractivity contribution < 1.29 is 24.6 Å². The van der Waals surface area contributed by atoms with Crippen molar-refractivity contribution in [2.75, 3.05) is 5.75 Å². The molecule has 1 aromatic carbocycles. The highest BCUT2D eigenvalue weighted by Crippen LogP contribution is 2.27. The topological polar surface area (TPSA) is 142 Å². The number of hydrogen-bond acceptors (Lipinski definition) is 6. The molecular weight excluding hydrogens is 346 g/mol. The zero-order valence-corrected chi connectivity index (χ0v) is 14.3. The number of amides is 1. The Morgan fingerprint density at radius 3 is 2.48 bits per heavy atom. The average Bonchev–Trinajstić information content (AvgIpc) is 2.59. The third-order valence-corrected chi connectivity index (χ3v) is 5.17. The van der Waals surface area contributed by atoms with Gasteiger partial charge in [0.2, 0.25) is 5.91 Å². The van der Waals surface area contributed by atoms with Gasteiger partial charge >= 0.3 is 11.9 Å². The summed E-state index contributed by atoms with van der Waals surface area (Å²) < 4.78 is 0. The molecule has 0 aliphatic carbocycles. The molecule has 4 atom stereocenters. The average molecular weight is 365 g/mol. The van der Waals surface area contributed by atoms with E-state index < -0.39 is 35.3 Å². The van der Waals surface area contributed by atoms with Gasteiger partial charge in [0, 0.05) is 11.7 Å². The molecule has 1 unspecified atom stereocenters. The summed E-state index contributed by atoms with van der Waals surface area (Å²) in [4.78, 5) is 39.1. The molecule has 0 aromatic heterocycles. The van der Waals surface area contributed by atoms with Crippen LogP contribution in [0.5, 0.6) is 0 Å². The van der Waals surface area contributed by atoms with Crippen LogP contribution in [0, 0.1) is 5.92 Å². The molecular formula is C16H19N3O5S. The lowest BCUT2D eigenvalue weighted by atomic mass is 10.1. The van der Waals surface area contributed by atoms with Gasteiger partial charge < -0.3 is 21.3 Å². The highest BCUT2D eigenvalue weighted by molar-refractivity contribution is 8.00. The van der Waals surface area contributed by atoms with Crippen molar-refractivity contribution in [2.45, 2.75) is 24.4 Å². The van der Waals surface area contributed by atoms with Gasteiger partial charge in [0.25, 0.3) is 0 Å². The van der Waals surface area contributed by atoms with E-state index >= 15 is 0 Å². The monoisotopic (exact) mass is 365 g/mol. The molecule has 1 amide bonds. The van der Waals surface area contributed by atoms with Crippen molar-refractivity contribution >= 4 is 35.3 Å². The summed E-state index contributed by atoms with van der Waals surface area (Å²) in [5.41, 5.74) is 6.33. The molecule has 1 aromatic rings. The van der Waals surface area contributed by atoms with Crippen molar-refractivity contribution in [1.29, 1.82) is 0 Å². The Labute approximate surface area is 148 Å². The maximum Gasteiger partial charge on any atom is 0.350 e. The highest BCUT2D eigenvalue weighted by Gasteiger charge is 2.36. The van der Waals surface area contributed by atoms with E-state index in [1.807, 2.05) is 0 Å². The molecule has 0 bridgehead atoms. The minimum Gasteiger partial charge on any atom is -0.480 e. The molecule has 8 nitrogen and oxygen atoms in total. The van der Waals surface area contributed by atoms with E-state index in [-0.39, 0.29) is 11.6 Å². The van der Waals surface area contributed by atoms with Crippen molar-refractivity contribution in [2.24, 2.45) is 16.6 Å². The number of carbonyl (C=O) groups is 3. The normalized spacial score (nSPS) is 22.4. The quantitative estimate of drug-likeness (QED) is 0.574. The summed E-state index contributed by atoms with van der Waals surface area (Å²) in [5, 5.41) is 20.1. The molecule has 0 saturated carbocycles. The van der Waals surface area contributed by atoms with E-state index in [9.17, 15) is 24.6 Å². The van der Waals surface area contributed by atoms with Crippen molar-refractivity contribution in [3.05, 3.63) is 35.9 Å². The first-order chi connectivity index (χ1) is 11.8. The molecule has 0 fully saturated rings. The van der Waals surface area contributed by atoms with Crippen LogP contribution in [0.4, 0.5) is 0 Å². The molecule has 1 heterocycles. The lowest BCUT2D eigenvalue weighted by molar-refractivity contribution is -0.142. The van der Waals surface area contributed by atoms with Gasteiger partial charge in [-0.3, -0.25) is 9.79 Å². The number of carboxylic acids is 2. The number of rotatable bonds is 6. The molecule has 1 aliphatic heterocycles. The summed E-state index contributed by atoms with van der Waals surface area (Å²) in [7, 11) is 0. The van der Waals surface area contributed by atoms with Gasteiger partial charge in [-0.25, -0.2) is 9.59 Å². The van der Waals surface area contributed by atoms with Gasteiger partial charge in [0.15, 0.2) is 6.04 Å². The fourth-order valence-corrected chi connectivity index (χ4v) is 3.58. The minimum atomic E-state index is -1.37. The molecule has 1 aliphatic rings. The number of carbonyl (C=O) groups excluding carboxylic acids is 1. The maximum absolute atomic E-state index is 12.3. The first kappa shape index (κ1) is 18.9. The number of thioether (sulfide) groups is 1. The number of benzene rings is 1. The van der Waals surface area contributed by atoms with Crippen LogP contribution in [-0.4, -0.2) is 50.9 Å². The molecule has 2 rings (SSSR count). The second kappa shape index (κ2) is 8.13. The third kappa shape index (κ3) is 4.58. The Kier molecular flexibility index (Phi) is 6.16. The Hall–Kier alpha value is -2.39. The van der Waals surface area contributed by atoms with Gasteiger partial charge in [-0.2, -0.15) is 0 Å². The highest BCUT2D eigenvalue weighted by atomic mass is 32.2. The Morgan fingerprint density at radius 1 is 1.28 bits per heavy atom. The molecule has 0 radical (unpaired) electrons. The van der Waals surface area contributed by atoms with Crippen LogP contribution < -0.4 is 11.1 Å². The van der Waals surface area contributed by atoms with Crippen LogP contribution in [0.1, 0.15) is 18.5 Å². The lowest BCUT2D eigenvalue weighted by Crippen LogP contribution is -2.51. The van der Waals surface area contributed by atoms with Gasteiger partial charge in [-0.05, 0) is 5.56 Å². The summed E-state index contributed by atoms with van der Waals surface area (Å²) in [6, 6.07) is 6.15.